The number of hydrogen-bond donors (Lipinski definition) is 4. The molecular weight excluding hydrogens is 312 g/mol. The summed E-state index contributed by atoms with van der Waals surface area (Å²) in [6, 6.07) is -0.423. The molecule has 0 bridgehead atoms. The van der Waals surface area contributed by atoms with Crippen molar-refractivity contribution in [2.75, 3.05) is 0 Å². The monoisotopic (exact) mass is 328 g/mol. The molecule has 9 nitrogen and oxygen atoms in total. The van der Waals surface area contributed by atoms with Gasteiger partial charge in [-0.15, -0.1) is 12.4 Å². The van der Waals surface area contributed by atoms with Crippen LogP contribution in [0.1, 0.15) is 25.7 Å². The van der Waals surface area contributed by atoms with Gasteiger partial charge in [0.15, 0.2) is 0 Å². The zero-order chi connectivity index (χ0) is 15.1. The highest BCUT2D eigenvalue weighted by atomic mass is 35.5. The quantitative estimate of drug-likeness (QED) is 0.321. The predicted molar refractivity (Wildman–Crippen MR) is 77.8 cm³/mol. The van der Waals surface area contributed by atoms with Crippen LogP contribution in [-0.4, -0.2) is 38.5 Å². The lowest BCUT2D eigenvalue weighted by Gasteiger charge is -2.21. The van der Waals surface area contributed by atoms with Crippen LogP contribution in [0.4, 0.5) is 4.79 Å². The van der Waals surface area contributed by atoms with Crippen molar-refractivity contribution in [3.63, 3.8) is 0 Å². The second kappa shape index (κ2) is 5.58. The van der Waals surface area contributed by atoms with Gasteiger partial charge in [-0.25, -0.2) is 15.6 Å². The number of carbonyl (C=O) groups is 3. The Morgan fingerprint density at radius 3 is 2.09 bits per heavy atom. The number of nitrogens with two attached hydrogens (primary N) is 1. The number of hydrazine groups is 1. The number of halogens is 1. The van der Waals surface area contributed by atoms with Crippen molar-refractivity contribution in [2.45, 2.75) is 36.8 Å². The van der Waals surface area contributed by atoms with Crippen molar-refractivity contribution >= 4 is 30.3 Å². The van der Waals surface area contributed by atoms with E-state index in [2.05, 4.69) is 21.0 Å². The molecule has 0 atom stereocenters. The molecule has 2 aliphatic carbocycles. The number of imidazole rings is 1. The molecule has 0 aromatic carbocycles. The Labute approximate surface area is 132 Å². The Morgan fingerprint density at radius 2 is 1.64 bits per heavy atom. The highest BCUT2D eigenvalue weighted by Crippen LogP contribution is 2.40. The minimum Gasteiger partial charge on any atom is -0.340 e. The molecule has 5 N–H and O–H groups in total. The van der Waals surface area contributed by atoms with Crippen molar-refractivity contribution in [1.29, 1.82) is 0 Å². The van der Waals surface area contributed by atoms with Gasteiger partial charge >= 0.3 is 6.03 Å². The minimum atomic E-state index is -0.939. The van der Waals surface area contributed by atoms with Gasteiger partial charge in [0, 0.05) is 12.4 Å². The van der Waals surface area contributed by atoms with Gasteiger partial charge in [-0.3, -0.25) is 19.6 Å². The van der Waals surface area contributed by atoms with Gasteiger partial charge < -0.3 is 10.6 Å². The summed E-state index contributed by atoms with van der Waals surface area (Å²) in [6.07, 6.45) is 6.50. The molecule has 10 heteroatoms. The number of hydrogen-bond acceptors (Lipinski definition) is 5. The number of carbonyl (C=O) groups excluding carboxylic acids is 3. The molecule has 22 heavy (non-hydrogen) atoms. The van der Waals surface area contributed by atoms with Crippen LogP contribution in [-0.2, 0) is 9.59 Å². The van der Waals surface area contributed by atoms with Crippen LogP contribution in [0.5, 0.6) is 0 Å². The van der Waals surface area contributed by atoms with Gasteiger partial charge in [0.2, 0.25) is 5.91 Å². The summed E-state index contributed by atoms with van der Waals surface area (Å²) in [4.78, 5) is 39.7. The van der Waals surface area contributed by atoms with Crippen LogP contribution in [0.25, 0.3) is 0 Å². The first-order valence-corrected chi connectivity index (χ1v) is 6.65. The molecule has 0 spiro atoms. The van der Waals surface area contributed by atoms with Crippen LogP contribution in [0.3, 0.4) is 0 Å². The fraction of sp³-hybridized carbons (Fsp3) is 0.500. The van der Waals surface area contributed by atoms with E-state index in [0.717, 1.165) is 0 Å². The Kier molecular flexibility index (Phi) is 4.12. The maximum absolute atomic E-state index is 12.3. The zero-order valence-corrected chi connectivity index (χ0v) is 12.5. The van der Waals surface area contributed by atoms with E-state index < -0.39 is 23.0 Å². The third-order valence-electron chi connectivity index (χ3n) is 3.94. The van der Waals surface area contributed by atoms with Crippen LogP contribution >= 0.6 is 12.4 Å². The smallest absolute Gasteiger partial charge is 0.327 e. The molecule has 2 fully saturated rings. The second-order valence-electron chi connectivity index (χ2n) is 5.49. The third-order valence-corrected chi connectivity index (χ3v) is 3.94. The number of aromatic nitrogens is 2. The lowest BCUT2D eigenvalue weighted by atomic mass is 10.2. The fourth-order valence-electron chi connectivity index (χ4n) is 2.19. The van der Waals surface area contributed by atoms with Crippen molar-refractivity contribution in [1.82, 2.24) is 25.6 Å². The van der Waals surface area contributed by atoms with Crippen molar-refractivity contribution in [3.05, 3.63) is 18.7 Å². The van der Waals surface area contributed by atoms with Gasteiger partial charge in [-0.2, -0.15) is 0 Å². The summed E-state index contributed by atoms with van der Waals surface area (Å²) in [7, 11) is 0. The van der Waals surface area contributed by atoms with Crippen molar-refractivity contribution in [3.8, 4) is 0 Å². The number of rotatable bonds is 4. The van der Waals surface area contributed by atoms with Crippen molar-refractivity contribution < 1.29 is 14.4 Å². The molecule has 2 aliphatic rings. The number of nitrogens with zero attached hydrogens (tertiary/aromatic N) is 2. The average Bonchev–Trinajstić information content (AvgIpc) is 3.37. The molecule has 3 amide bonds. The van der Waals surface area contributed by atoms with Gasteiger partial charge in [-0.05, 0) is 25.7 Å². The van der Waals surface area contributed by atoms with Crippen LogP contribution in [0.15, 0.2) is 18.7 Å². The highest BCUT2D eigenvalue weighted by molar-refractivity contribution is 5.99. The molecule has 0 saturated heterocycles. The van der Waals surface area contributed by atoms with Gasteiger partial charge in [0.05, 0.1) is 0 Å². The fourth-order valence-corrected chi connectivity index (χ4v) is 2.19. The molecule has 1 aromatic heterocycles. The lowest BCUT2D eigenvalue weighted by Crippen LogP contribution is -2.57. The normalized spacial score (nSPS) is 19.3. The van der Waals surface area contributed by atoms with E-state index in [1.807, 2.05) is 0 Å². The second-order valence-corrected chi connectivity index (χ2v) is 5.49. The maximum atomic E-state index is 12.3. The highest BCUT2D eigenvalue weighted by Gasteiger charge is 2.58. The Hall–Kier alpha value is -2.13. The largest absolute Gasteiger partial charge is 0.340 e. The zero-order valence-electron chi connectivity index (χ0n) is 11.7. The molecule has 3 rings (SSSR count). The molecule has 0 aliphatic heterocycles. The first kappa shape index (κ1) is 16.2. The average molecular weight is 329 g/mol. The summed E-state index contributed by atoms with van der Waals surface area (Å²) in [5.41, 5.74) is 0.201. The van der Waals surface area contributed by atoms with E-state index in [0.29, 0.717) is 25.7 Å². The van der Waals surface area contributed by atoms with E-state index >= 15 is 0 Å². The van der Waals surface area contributed by atoms with Crippen LogP contribution < -0.4 is 21.9 Å². The summed E-state index contributed by atoms with van der Waals surface area (Å²) in [5, 5.41) is 5.39. The summed E-state index contributed by atoms with van der Waals surface area (Å²) >= 11 is 0. The van der Waals surface area contributed by atoms with E-state index in [1.165, 1.54) is 23.3 Å². The first-order valence-electron chi connectivity index (χ1n) is 6.65. The van der Waals surface area contributed by atoms with E-state index in [1.54, 1.807) is 0 Å². The van der Waals surface area contributed by atoms with E-state index in [-0.39, 0.29) is 18.3 Å². The lowest BCUT2D eigenvalue weighted by molar-refractivity contribution is -0.131. The third kappa shape index (κ3) is 2.77. The molecule has 1 aromatic rings. The number of amides is 3. The summed E-state index contributed by atoms with van der Waals surface area (Å²) in [6.45, 7) is 0. The first-order chi connectivity index (χ1) is 10.0. The molecule has 0 radical (unpaired) electrons. The Balaban J connectivity index is 0.00000176. The Bertz CT molecular complexity index is 594. The van der Waals surface area contributed by atoms with Gasteiger partial charge in [0.1, 0.15) is 17.4 Å². The molecule has 2 saturated carbocycles. The van der Waals surface area contributed by atoms with Gasteiger partial charge in [-0.1, -0.05) is 0 Å². The Morgan fingerprint density at radius 1 is 1.05 bits per heavy atom. The van der Waals surface area contributed by atoms with Gasteiger partial charge in [0.25, 0.3) is 5.91 Å². The molecule has 1 heterocycles. The summed E-state index contributed by atoms with van der Waals surface area (Å²) in [5.74, 6) is 4.35. The van der Waals surface area contributed by atoms with E-state index in [9.17, 15) is 14.4 Å². The molecule has 120 valence electrons. The topological polar surface area (TPSA) is 131 Å². The molecule has 0 unspecified atom stereocenters. The van der Waals surface area contributed by atoms with Crippen LogP contribution in [0.2, 0.25) is 0 Å². The van der Waals surface area contributed by atoms with Crippen molar-refractivity contribution in [2.24, 2.45) is 5.84 Å². The summed E-state index contributed by atoms with van der Waals surface area (Å²) < 4.78 is 1.26. The molecular formula is C12H17ClN6O3. The minimum absolute atomic E-state index is 0. The maximum Gasteiger partial charge on any atom is 0.327 e. The van der Waals surface area contributed by atoms with Crippen LogP contribution in [0, 0.1) is 0 Å². The predicted octanol–water partition coefficient (Wildman–Crippen LogP) is -0.966. The SMILES string of the molecule is Cl.NNC(=O)C1(NC(=O)C2(NC(=O)n3ccnc3)CC2)CC1. The number of nitrogens with one attached hydrogen (secondary N) is 3. The van der Waals surface area contributed by atoms with E-state index in [4.69, 9.17) is 5.84 Å². The standard InChI is InChI=1S/C12H16N6O3.ClH/c13-17-9(20)12(3-4-12)15-8(19)11(1-2-11)16-10(21)18-6-5-14-7-18;/h5-7H,1-4,13H2,(H,15,19)(H,16,21)(H,17,20);1H.